The molecule has 1 aromatic carbocycles. The van der Waals surface area contributed by atoms with E-state index in [1.54, 1.807) is 18.2 Å². The van der Waals surface area contributed by atoms with Crippen molar-refractivity contribution < 1.29 is 4.92 Å². The van der Waals surface area contributed by atoms with Crippen LogP contribution in [0.1, 0.15) is 25.8 Å². The molecule has 0 fully saturated rings. The topological polar surface area (TPSA) is 66.9 Å². The van der Waals surface area contributed by atoms with Crippen LogP contribution in [0.15, 0.2) is 24.3 Å². The fraction of sp³-hybridized carbons (Fsp3) is 0.417. The molecule has 0 saturated heterocycles. The lowest BCUT2D eigenvalue weighted by Crippen LogP contribution is -2.16. The lowest BCUT2D eigenvalue weighted by atomic mass is 9.82. The summed E-state index contributed by atoms with van der Waals surface area (Å²) in [5, 5.41) is 19.9. The Hall–Kier alpha value is -1.89. The van der Waals surface area contributed by atoms with E-state index in [1.165, 1.54) is 6.07 Å². The van der Waals surface area contributed by atoms with E-state index in [0.717, 1.165) is 0 Å². The minimum Gasteiger partial charge on any atom is -0.258 e. The maximum Gasteiger partial charge on any atom is 0.272 e. The molecule has 0 bridgehead atoms. The average molecular weight is 218 g/mol. The number of benzene rings is 1. The number of nitriles is 1. The van der Waals surface area contributed by atoms with Crippen LogP contribution in [0.3, 0.4) is 0 Å². The summed E-state index contributed by atoms with van der Waals surface area (Å²) in [6, 6.07) is 8.80. The first kappa shape index (κ1) is 12.2. The molecular formula is C12H14N2O2. The minimum atomic E-state index is -0.536. The Morgan fingerprint density at radius 2 is 2.12 bits per heavy atom. The number of nitro groups is 1. The Morgan fingerprint density at radius 1 is 1.50 bits per heavy atom. The SMILES string of the molecule is CCC(C)(C#N)Cc1ccccc1[N+](=O)[O-]. The van der Waals surface area contributed by atoms with E-state index in [2.05, 4.69) is 6.07 Å². The molecule has 0 N–H and O–H groups in total. The van der Waals surface area contributed by atoms with Gasteiger partial charge in [-0.2, -0.15) is 5.26 Å². The standard InChI is InChI=1S/C12H14N2O2/c1-3-12(2,9-13)8-10-6-4-5-7-11(10)14(15)16/h4-7H,3,8H2,1-2H3. The quantitative estimate of drug-likeness (QED) is 0.576. The van der Waals surface area contributed by atoms with Crippen molar-refractivity contribution in [2.45, 2.75) is 26.7 Å². The normalized spacial score (nSPS) is 13.8. The summed E-state index contributed by atoms with van der Waals surface area (Å²) in [5.74, 6) is 0. The maximum absolute atomic E-state index is 10.8. The van der Waals surface area contributed by atoms with Crippen molar-refractivity contribution in [2.24, 2.45) is 5.41 Å². The fourth-order valence-corrected chi connectivity index (χ4v) is 1.50. The molecule has 0 aromatic heterocycles. The van der Waals surface area contributed by atoms with Crippen molar-refractivity contribution in [3.63, 3.8) is 0 Å². The van der Waals surface area contributed by atoms with Gasteiger partial charge >= 0.3 is 0 Å². The third-order valence-corrected chi connectivity index (χ3v) is 2.82. The van der Waals surface area contributed by atoms with E-state index in [4.69, 9.17) is 5.26 Å². The largest absolute Gasteiger partial charge is 0.272 e. The molecule has 4 nitrogen and oxygen atoms in total. The van der Waals surface area contributed by atoms with Crippen LogP contribution >= 0.6 is 0 Å². The van der Waals surface area contributed by atoms with E-state index in [9.17, 15) is 10.1 Å². The van der Waals surface area contributed by atoms with Gasteiger partial charge in [0.15, 0.2) is 0 Å². The molecule has 84 valence electrons. The highest BCUT2D eigenvalue weighted by atomic mass is 16.6. The van der Waals surface area contributed by atoms with Crippen LogP contribution in [0.25, 0.3) is 0 Å². The zero-order chi connectivity index (χ0) is 12.2. The minimum absolute atomic E-state index is 0.0948. The molecule has 1 atom stereocenters. The molecule has 0 amide bonds. The van der Waals surface area contributed by atoms with E-state index < -0.39 is 10.3 Å². The van der Waals surface area contributed by atoms with Crippen LogP contribution in [0.2, 0.25) is 0 Å². The zero-order valence-corrected chi connectivity index (χ0v) is 9.43. The van der Waals surface area contributed by atoms with Crippen molar-refractivity contribution in [3.05, 3.63) is 39.9 Å². The summed E-state index contributed by atoms with van der Waals surface area (Å²) in [4.78, 5) is 10.4. The van der Waals surface area contributed by atoms with Crippen LogP contribution in [0.4, 0.5) is 5.69 Å². The van der Waals surface area contributed by atoms with Crippen molar-refractivity contribution in [2.75, 3.05) is 0 Å². The first-order valence-electron chi connectivity index (χ1n) is 5.16. The summed E-state index contributed by atoms with van der Waals surface area (Å²) in [6.45, 7) is 3.74. The van der Waals surface area contributed by atoms with Crippen molar-refractivity contribution in [3.8, 4) is 6.07 Å². The number of hydrogen-bond donors (Lipinski definition) is 0. The Kier molecular flexibility index (Phi) is 3.62. The second-order valence-corrected chi connectivity index (χ2v) is 4.09. The Bertz CT molecular complexity index is 437. The van der Waals surface area contributed by atoms with Gasteiger partial charge < -0.3 is 0 Å². The number of nitrogens with zero attached hydrogens (tertiary/aromatic N) is 2. The highest BCUT2D eigenvalue weighted by Crippen LogP contribution is 2.29. The predicted octanol–water partition coefficient (Wildman–Crippen LogP) is 3.08. The van der Waals surface area contributed by atoms with Crippen molar-refractivity contribution in [1.82, 2.24) is 0 Å². The lowest BCUT2D eigenvalue weighted by Gasteiger charge is -2.18. The van der Waals surface area contributed by atoms with Crippen LogP contribution in [-0.4, -0.2) is 4.92 Å². The molecule has 0 radical (unpaired) electrons. The first-order chi connectivity index (χ1) is 7.52. The summed E-state index contributed by atoms with van der Waals surface area (Å²) in [7, 11) is 0. The molecule has 0 aliphatic heterocycles. The van der Waals surface area contributed by atoms with Gasteiger partial charge in [-0.3, -0.25) is 10.1 Å². The van der Waals surface area contributed by atoms with Gasteiger partial charge in [0.05, 0.1) is 16.4 Å². The van der Waals surface area contributed by atoms with Crippen LogP contribution < -0.4 is 0 Å². The van der Waals surface area contributed by atoms with Gasteiger partial charge in [0.2, 0.25) is 0 Å². The average Bonchev–Trinajstić information content (AvgIpc) is 2.29. The smallest absolute Gasteiger partial charge is 0.258 e. The molecule has 1 aromatic rings. The summed E-state index contributed by atoms with van der Waals surface area (Å²) in [6.07, 6.45) is 1.09. The molecule has 4 heteroatoms. The molecule has 0 spiro atoms. The maximum atomic E-state index is 10.8. The molecule has 0 aliphatic carbocycles. The molecule has 1 unspecified atom stereocenters. The Balaban J connectivity index is 3.07. The number of nitro benzene ring substituents is 1. The summed E-state index contributed by atoms with van der Waals surface area (Å²) < 4.78 is 0. The predicted molar refractivity (Wildman–Crippen MR) is 60.8 cm³/mol. The van der Waals surface area contributed by atoms with Crippen molar-refractivity contribution >= 4 is 5.69 Å². The number of para-hydroxylation sites is 1. The van der Waals surface area contributed by atoms with Crippen molar-refractivity contribution in [1.29, 1.82) is 5.26 Å². The van der Waals surface area contributed by atoms with Gasteiger partial charge in [-0.15, -0.1) is 0 Å². The van der Waals surface area contributed by atoms with Crippen LogP contribution in [0, 0.1) is 26.9 Å². The number of rotatable bonds is 4. The van der Waals surface area contributed by atoms with Crippen LogP contribution in [-0.2, 0) is 6.42 Å². The molecular weight excluding hydrogens is 204 g/mol. The molecule has 16 heavy (non-hydrogen) atoms. The van der Waals surface area contributed by atoms with Gasteiger partial charge in [0, 0.05) is 11.6 Å². The second kappa shape index (κ2) is 4.75. The van der Waals surface area contributed by atoms with Gasteiger partial charge in [-0.05, 0) is 19.8 Å². The van der Waals surface area contributed by atoms with Crippen LogP contribution in [0.5, 0.6) is 0 Å². The summed E-state index contributed by atoms with van der Waals surface area (Å²) in [5.41, 5.74) is 0.183. The van der Waals surface area contributed by atoms with Gasteiger partial charge in [0.1, 0.15) is 0 Å². The highest BCUT2D eigenvalue weighted by Gasteiger charge is 2.25. The lowest BCUT2D eigenvalue weighted by molar-refractivity contribution is -0.385. The van der Waals surface area contributed by atoms with E-state index in [-0.39, 0.29) is 5.69 Å². The zero-order valence-electron chi connectivity index (χ0n) is 9.43. The molecule has 1 rings (SSSR count). The first-order valence-corrected chi connectivity index (χ1v) is 5.16. The highest BCUT2D eigenvalue weighted by molar-refractivity contribution is 5.40. The monoisotopic (exact) mass is 218 g/mol. The fourth-order valence-electron chi connectivity index (χ4n) is 1.50. The van der Waals surface area contributed by atoms with E-state index >= 15 is 0 Å². The number of hydrogen-bond acceptors (Lipinski definition) is 3. The molecule has 0 heterocycles. The third-order valence-electron chi connectivity index (χ3n) is 2.82. The second-order valence-electron chi connectivity index (χ2n) is 4.09. The molecule has 0 saturated carbocycles. The third kappa shape index (κ3) is 2.57. The van der Waals surface area contributed by atoms with E-state index in [1.807, 2.05) is 13.8 Å². The summed E-state index contributed by atoms with van der Waals surface area (Å²) >= 11 is 0. The Morgan fingerprint density at radius 3 is 2.62 bits per heavy atom. The van der Waals surface area contributed by atoms with E-state index in [0.29, 0.717) is 18.4 Å². The van der Waals surface area contributed by atoms with Gasteiger partial charge in [-0.25, -0.2) is 0 Å². The Labute approximate surface area is 94.7 Å². The molecule has 0 aliphatic rings. The van der Waals surface area contributed by atoms with Gasteiger partial charge in [0.25, 0.3) is 5.69 Å². The van der Waals surface area contributed by atoms with Gasteiger partial charge in [-0.1, -0.05) is 25.1 Å².